The molecule has 0 atom stereocenters. The van der Waals surface area contributed by atoms with Gasteiger partial charge >= 0.3 is 0 Å². The zero-order chi connectivity index (χ0) is 16.8. The first kappa shape index (κ1) is 16.9. The Balaban J connectivity index is 2.20. The fourth-order valence-electron chi connectivity index (χ4n) is 2.14. The van der Waals surface area contributed by atoms with Gasteiger partial charge in [-0.3, -0.25) is 10.2 Å². The maximum atomic E-state index is 12.4. The van der Waals surface area contributed by atoms with Crippen LogP contribution in [0.4, 0.5) is 0 Å². The highest BCUT2D eigenvalue weighted by Crippen LogP contribution is 2.12. The van der Waals surface area contributed by atoms with Crippen LogP contribution in [-0.4, -0.2) is 29.1 Å². The zero-order valence-corrected chi connectivity index (χ0v) is 13.6. The number of rotatable bonds is 7. The van der Waals surface area contributed by atoms with E-state index in [1.165, 1.54) is 0 Å². The van der Waals surface area contributed by atoms with Crippen LogP contribution in [0.15, 0.2) is 30.5 Å². The van der Waals surface area contributed by atoms with Crippen molar-refractivity contribution in [1.29, 1.82) is 5.41 Å². The van der Waals surface area contributed by atoms with E-state index in [4.69, 9.17) is 14.9 Å². The van der Waals surface area contributed by atoms with Gasteiger partial charge in [0.1, 0.15) is 11.6 Å². The Bertz CT molecular complexity index is 736. The molecule has 6 heteroatoms. The summed E-state index contributed by atoms with van der Waals surface area (Å²) in [6.07, 6.45) is 1.77. The minimum atomic E-state index is -0.0253. The maximum absolute atomic E-state index is 12.4. The van der Waals surface area contributed by atoms with E-state index < -0.39 is 0 Å². The third-order valence-corrected chi connectivity index (χ3v) is 3.49. The quantitative estimate of drug-likeness (QED) is 0.794. The lowest BCUT2D eigenvalue weighted by molar-refractivity contribution is 0.0969. The molecule has 0 amide bonds. The number of nitrogens with zero attached hydrogens (tertiary/aromatic N) is 2. The van der Waals surface area contributed by atoms with Gasteiger partial charge in [0.25, 0.3) is 0 Å². The number of aromatic nitrogens is 2. The molecule has 2 aromatic rings. The summed E-state index contributed by atoms with van der Waals surface area (Å²) in [5, 5.41) is 7.87. The summed E-state index contributed by atoms with van der Waals surface area (Å²) in [5.74, 6) is 1.31. The zero-order valence-electron chi connectivity index (χ0n) is 13.6. The minimum absolute atomic E-state index is 0.0253. The van der Waals surface area contributed by atoms with Gasteiger partial charge in [0, 0.05) is 23.9 Å². The van der Waals surface area contributed by atoms with E-state index >= 15 is 0 Å². The number of aryl methyl sites for hydroxylation is 1. The van der Waals surface area contributed by atoms with Crippen molar-refractivity contribution in [2.24, 2.45) is 0 Å². The maximum Gasteiger partial charge on any atom is 0.182 e. The van der Waals surface area contributed by atoms with Gasteiger partial charge in [-0.25, -0.2) is 4.98 Å². The van der Waals surface area contributed by atoms with Gasteiger partial charge < -0.3 is 14.0 Å². The van der Waals surface area contributed by atoms with Gasteiger partial charge in [-0.1, -0.05) is 0 Å². The van der Waals surface area contributed by atoms with Crippen LogP contribution >= 0.6 is 0 Å². The Labute approximate surface area is 135 Å². The molecule has 1 heterocycles. The van der Waals surface area contributed by atoms with Gasteiger partial charge in [-0.05, 0) is 38.1 Å². The van der Waals surface area contributed by atoms with Gasteiger partial charge in [0.15, 0.2) is 11.3 Å². The van der Waals surface area contributed by atoms with Crippen molar-refractivity contribution >= 4 is 5.78 Å². The van der Waals surface area contributed by atoms with Crippen LogP contribution in [0.1, 0.15) is 28.7 Å². The predicted octanol–water partition coefficient (Wildman–Crippen LogP) is 2.10. The lowest BCUT2D eigenvalue weighted by atomic mass is 10.1. The number of hydrogen-bond donors (Lipinski definition) is 1. The van der Waals surface area contributed by atoms with E-state index in [1.807, 2.05) is 6.92 Å². The molecule has 6 nitrogen and oxygen atoms in total. The molecule has 0 saturated heterocycles. The second-order valence-corrected chi connectivity index (χ2v) is 5.08. The number of Topliss-reactive ketones (excluding diaryl/α,β-unsaturated/α-hetero) is 1. The summed E-state index contributed by atoms with van der Waals surface area (Å²) in [7, 11) is 1.59. The van der Waals surface area contributed by atoms with Crippen molar-refractivity contribution in [3.8, 4) is 5.75 Å². The Morgan fingerprint density at radius 2 is 2.00 bits per heavy atom. The minimum Gasteiger partial charge on any atom is -0.497 e. The number of nitrogens with one attached hydrogen (secondary N) is 1. The Hall–Kier alpha value is -2.47. The van der Waals surface area contributed by atoms with Crippen LogP contribution in [0.5, 0.6) is 5.75 Å². The highest BCUT2D eigenvalue weighted by molar-refractivity contribution is 5.96. The fourth-order valence-corrected chi connectivity index (χ4v) is 2.14. The highest BCUT2D eigenvalue weighted by Gasteiger charge is 2.10. The molecule has 0 fully saturated rings. The SMILES string of the molecule is CCOCc1cn(CC(=O)c2ccc(OC)cc2)c(C)nc1=N. The molecule has 1 N–H and O–H groups in total. The van der Waals surface area contributed by atoms with Crippen molar-refractivity contribution in [3.05, 3.63) is 52.9 Å². The monoisotopic (exact) mass is 315 g/mol. The van der Waals surface area contributed by atoms with Crippen LogP contribution in [0.3, 0.4) is 0 Å². The van der Waals surface area contributed by atoms with Crippen molar-refractivity contribution in [2.75, 3.05) is 13.7 Å². The molecule has 0 unspecified atom stereocenters. The Morgan fingerprint density at radius 3 is 2.61 bits per heavy atom. The van der Waals surface area contributed by atoms with E-state index in [9.17, 15) is 4.79 Å². The second-order valence-electron chi connectivity index (χ2n) is 5.08. The van der Waals surface area contributed by atoms with E-state index in [2.05, 4.69) is 4.98 Å². The average Bonchev–Trinajstić information content (AvgIpc) is 2.56. The number of carbonyl (C=O) groups excluding carboxylic acids is 1. The third kappa shape index (κ3) is 4.26. The Kier molecular flexibility index (Phi) is 5.65. The van der Waals surface area contributed by atoms with Crippen LogP contribution in [-0.2, 0) is 17.9 Å². The van der Waals surface area contributed by atoms with E-state index in [1.54, 1.807) is 49.1 Å². The molecule has 122 valence electrons. The molecule has 0 spiro atoms. The normalized spacial score (nSPS) is 10.6. The molecule has 2 rings (SSSR count). The molecule has 1 aromatic heterocycles. The number of benzene rings is 1. The van der Waals surface area contributed by atoms with Crippen molar-refractivity contribution in [1.82, 2.24) is 9.55 Å². The van der Waals surface area contributed by atoms with Crippen molar-refractivity contribution < 1.29 is 14.3 Å². The van der Waals surface area contributed by atoms with Gasteiger partial charge in [-0.15, -0.1) is 0 Å². The first-order valence-corrected chi connectivity index (χ1v) is 7.41. The topological polar surface area (TPSA) is 77.2 Å². The largest absolute Gasteiger partial charge is 0.497 e. The molecule has 1 aromatic carbocycles. The summed E-state index contributed by atoms with van der Waals surface area (Å²) >= 11 is 0. The predicted molar refractivity (Wildman–Crippen MR) is 85.5 cm³/mol. The van der Waals surface area contributed by atoms with Crippen LogP contribution in [0, 0.1) is 12.3 Å². The summed E-state index contributed by atoms with van der Waals surface area (Å²) < 4.78 is 12.2. The molecular formula is C17H21N3O3. The van der Waals surface area contributed by atoms with E-state index in [0.29, 0.717) is 35.9 Å². The number of methoxy groups -OCH3 is 1. The molecule has 0 aliphatic heterocycles. The smallest absolute Gasteiger partial charge is 0.182 e. The average molecular weight is 315 g/mol. The van der Waals surface area contributed by atoms with Crippen LogP contribution in [0.2, 0.25) is 0 Å². The molecule has 0 aliphatic carbocycles. The standard InChI is InChI=1S/C17H21N3O3/c1-4-23-11-14-9-20(12(2)19-17(14)18)10-16(21)13-5-7-15(22-3)8-6-13/h5-9,18H,4,10-11H2,1-3H3. The fraction of sp³-hybridized carbons (Fsp3) is 0.353. The summed E-state index contributed by atoms with van der Waals surface area (Å²) in [4.78, 5) is 16.6. The Morgan fingerprint density at radius 1 is 1.30 bits per heavy atom. The summed E-state index contributed by atoms with van der Waals surface area (Å²) in [6, 6.07) is 7.00. The van der Waals surface area contributed by atoms with E-state index in [-0.39, 0.29) is 17.8 Å². The van der Waals surface area contributed by atoms with Gasteiger partial charge in [-0.2, -0.15) is 0 Å². The van der Waals surface area contributed by atoms with Crippen LogP contribution in [0.25, 0.3) is 0 Å². The number of ketones is 1. The molecule has 0 aliphatic rings. The first-order valence-electron chi connectivity index (χ1n) is 7.41. The summed E-state index contributed by atoms with van der Waals surface area (Å²) in [5.41, 5.74) is 1.46. The lowest BCUT2D eigenvalue weighted by Crippen LogP contribution is -2.23. The summed E-state index contributed by atoms with van der Waals surface area (Å²) in [6.45, 7) is 4.73. The molecule has 0 bridgehead atoms. The van der Waals surface area contributed by atoms with E-state index in [0.717, 1.165) is 0 Å². The molecular weight excluding hydrogens is 294 g/mol. The number of carbonyl (C=O) groups is 1. The molecule has 23 heavy (non-hydrogen) atoms. The first-order chi connectivity index (χ1) is 11.0. The van der Waals surface area contributed by atoms with Crippen LogP contribution < -0.4 is 10.2 Å². The van der Waals surface area contributed by atoms with Crippen molar-refractivity contribution in [3.63, 3.8) is 0 Å². The van der Waals surface area contributed by atoms with Gasteiger partial charge in [0.05, 0.1) is 20.3 Å². The van der Waals surface area contributed by atoms with Gasteiger partial charge in [0.2, 0.25) is 0 Å². The molecule has 0 saturated carbocycles. The molecule has 0 radical (unpaired) electrons. The number of ether oxygens (including phenoxy) is 2. The van der Waals surface area contributed by atoms with Crippen molar-refractivity contribution in [2.45, 2.75) is 27.0 Å². The highest BCUT2D eigenvalue weighted by atomic mass is 16.5. The third-order valence-electron chi connectivity index (χ3n) is 3.49. The number of hydrogen-bond acceptors (Lipinski definition) is 5. The lowest BCUT2D eigenvalue weighted by Gasteiger charge is -2.12. The second kappa shape index (κ2) is 7.69.